The maximum atomic E-state index is 5.80. The molecular formula is C15H19N3O2. The SMILES string of the molecule is CCOc1c(-c2ccccc2)nnc(OC)c1N(C)C. The molecule has 0 aliphatic carbocycles. The first-order valence-corrected chi connectivity index (χ1v) is 6.49. The average Bonchev–Trinajstić information content (AvgIpc) is 2.47. The van der Waals surface area contributed by atoms with Gasteiger partial charge in [-0.2, -0.15) is 0 Å². The van der Waals surface area contributed by atoms with Crippen molar-refractivity contribution in [3.05, 3.63) is 30.3 Å². The lowest BCUT2D eigenvalue weighted by Gasteiger charge is -2.21. The van der Waals surface area contributed by atoms with Crippen LogP contribution in [0.5, 0.6) is 11.6 Å². The Hall–Kier alpha value is -2.30. The minimum Gasteiger partial charge on any atom is -0.489 e. The van der Waals surface area contributed by atoms with Gasteiger partial charge in [0.1, 0.15) is 11.4 Å². The number of benzene rings is 1. The van der Waals surface area contributed by atoms with E-state index in [4.69, 9.17) is 9.47 Å². The van der Waals surface area contributed by atoms with Crippen LogP contribution in [0.15, 0.2) is 30.3 Å². The summed E-state index contributed by atoms with van der Waals surface area (Å²) in [5, 5.41) is 8.40. The molecule has 106 valence electrons. The van der Waals surface area contributed by atoms with Crippen LogP contribution in [0, 0.1) is 0 Å². The van der Waals surface area contributed by atoms with Gasteiger partial charge in [-0.05, 0) is 6.92 Å². The van der Waals surface area contributed by atoms with Crippen LogP contribution in [0.4, 0.5) is 5.69 Å². The average molecular weight is 273 g/mol. The number of hydrogen-bond acceptors (Lipinski definition) is 5. The van der Waals surface area contributed by atoms with Crippen molar-refractivity contribution in [1.82, 2.24) is 10.2 Å². The van der Waals surface area contributed by atoms with Crippen LogP contribution in [-0.2, 0) is 0 Å². The molecule has 1 aromatic heterocycles. The third-order valence-corrected chi connectivity index (χ3v) is 2.85. The van der Waals surface area contributed by atoms with Crippen molar-refractivity contribution in [3.8, 4) is 22.9 Å². The molecule has 0 aliphatic rings. The van der Waals surface area contributed by atoms with E-state index < -0.39 is 0 Å². The predicted octanol–water partition coefficient (Wildman–Crippen LogP) is 2.62. The number of nitrogens with zero attached hydrogens (tertiary/aromatic N) is 3. The van der Waals surface area contributed by atoms with Gasteiger partial charge in [-0.25, -0.2) is 0 Å². The van der Waals surface area contributed by atoms with E-state index in [1.165, 1.54) is 0 Å². The third kappa shape index (κ3) is 2.66. The lowest BCUT2D eigenvalue weighted by Crippen LogP contribution is -2.14. The summed E-state index contributed by atoms with van der Waals surface area (Å²) in [6.45, 7) is 2.50. The molecule has 1 aromatic carbocycles. The summed E-state index contributed by atoms with van der Waals surface area (Å²) in [6.07, 6.45) is 0. The molecule has 0 unspecified atom stereocenters. The van der Waals surface area contributed by atoms with Gasteiger partial charge in [-0.1, -0.05) is 30.3 Å². The molecule has 1 heterocycles. The second-order valence-corrected chi connectivity index (χ2v) is 4.43. The fourth-order valence-corrected chi connectivity index (χ4v) is 2.00. The van der Waals surface area contributed by atoms with E-state index in [-0.39, 0.29) is 0 Å². The molecule has 0 fully saturated rings. The molecule has 5 heteroatoms. The number of aromatic nitrogens is 2. The van der Waals surface area contributed by atoms with E-state index >= 15 is 0 Å². The monoisotopic (exact) mass is 273 g/mol. The molecule has 20 heavy (non-hydrogen) atoms. The summed E-state index contributed by atoms with van der Waals surface area (Å²) in [7, 11) is 5.43. The van der Waals surface area contributed by atoms with Gasteiger partial charge >= 0.3 is 0 Å². The maximum Gasteiger partial charge on any atom is 0.260 e. The molecule has 0 bridgehead atoms. The van der Waals surface area contributed by atoms with Crippen molar-refractivity contribution in [1.29, 1.82) is 0 Å². The second-order valence-electron chi connectivity index (χ2n) is 4.43. The fraction of sp³-hybridized carbons (Fsp3) is 0.333. The Balaban J connectivity index is 2.66. The molecule has 2 aromatic rings. The van der Waals surface area contributed by atoms with Gasteiger partial charge in [0.2, 0.25) is 0 Å². The van der Waals surface area contributed by atoms with Gasteiger partial charge in [0.05, 0.1) is 13.7 Å². The van der Waals surface area contributed by atoms with Gasteiger partial charge in [0.25, 0.3) is 5.88 Å². The minimum absolute atomic E-state index is 0.457. The highest BCUT2D eigenvalue weighted by atomic mass is 16.5. The van der Waals surface area contributed by atoms with Gasteiger partial charge in [0.15, 0.2) is 5.75 Å². The lowest BCUT2D eigenvalue weighted by atomic mass is 10.1. The number of rotatable bonds is 5. The summed E-state index contributed by atoms with van der Waals surface area (Å²) < 4.78 is 11.1. The molecule has 0 saturated heterocycles. The normalized spacial score (nSPS) is 10.2. The molecule has 0 aliphatic heterocycles. The Morgan fingerprint density at radius 3 is 2.35 bits per heavy atom. The van der Waals surface area contributed by atoms with Crippen LogP contribution in [0.2, 0.25) is 0 Å². The van der Waals surface area contributed by atoms with Crippen LogP contribution in [-0.4, -0.2) is 38.0 Å². The fourth-order valence-electron chi connectivity index (χ4n) is 2.00. The largest absolute Gasteiger partial charge is 0.489 e. The van der Waals surface area contributed by atoms with Crippen molar-refractivity contribution in [2.24, 2.45) is 0 Å². The highest BCUT2D eigenvalue weighted by Gasteiger charge is 2.21. The van der Waals surface area contributed by atoms with Crippen LogP contribution in [0.1, 0.15) is 6.92 Å². The molecular weight excluding hydrogens is 254 g/mol. The number of methoxy groups -OCH3 is 1. The first-order chi connectivity index (χ1) is 9.69. The standard InChI is InChI=1S/C15H19N3O2/c1-5-20-14-12(11-9-7-6-8-10-11)16-17-15(19-4)13(14)18(2)3/h6-10H,5H2,1-4H3. The zero-order chi connectivity index (χ0) is 14.5. The molecule has 0 saturated carbocycles. The Bertz CT molecular complexity index is 571. The first-order valence-electron chi connectivity index (χ1n) is 6.49. The summed E-state index contributed by atoms with van der Waals surface area (Å²) >= 11 is 0. The molecule has 0 N–H and O–H groups in total. The topological polar surface area (TPSA) is 47.5 Å². The molecule has 0 atom stereocenters. The van der Waals surface area contributed by atoms with E-state index in [1.807, 2.05) is 56.3 Å². The molecule has 0 spiro atoms. The van der Waals surface area contributed by atoms with E-state index in [0.717, 1.165) is 16.9 Å². The Morgan fingerprint density at radius 2 is 1.80 bits per heavy atom. The van der Waals surface area contributed by atoms with Gasteiger partial charge in [0, 0.05) is 19.7 Å². The van der Waals surface area contributed by atoms with Crippen LogP contribution in [0.3, 0.4) is 0 Å². The van der Waals surface area contributed by atoms with Crippen LogP contribution in [0.25, 0.3) is 11.3 Å². The minimum atomic E-state index is 0.457. The molecule has 2 rings (SSSR count). The Morgan fingerprint density at radius 1 is 1.10 bits per heavy atom. The van der Waals surface area contributed by atoms with Crippen molar-refractivity contribution >= 4 is 5.69 Å². The van der Waals surface area contributed by atoms with Crippen LogP contribution >= 0.6 is 0 Å². The first kappa shape index (κ1) is 14.1. The number of anilines is 1. The third-order valence-electron chi connectivity index (χ3n) is 2.85. The van der Waals surface area contributed by atoms with E-state index in [1.54, 1.807) is 7.11 Å². The van der Waals surface area contributed by atoms with Crippen molar-refractivity contribution < 1.29 is 9.47 Å². The molecule has 0 amide bonds. The quantitative estimate of drug-likeness (QED) is 0.838. The predicted molar refractivity (Wildman–Crippen MR) is 79.5 cm³/mol. The second kappa shape index (κ2) is 6.23. The number of hydrogen-bond donors (Lipinski definition) is 0. The van der Waals surface area contributed by atoms with Crippen molar-refractivity contribution in [2.45, 2.75) is 6.92 Å². The summed E-state index contributed by atoms with van der Waals surface area (Å²) in [6, 6.07) is 9.86. The summed E-state index contributed by atoms with van der Waals surface area (Å²) in [4.78, 5) is 1.92. The molecule has 5 nitrogen and oxygen atoms in total. The maximum absolute atomic E-state index is 5.80. The van der Waals surface area contributed by atoms with Crippen molar-refractivity contribution in [2.75, 3.05) is 32.7 Å². The van der Waals surface area contributed by atoms with Crippen LogP contribution < -0.4 is 14.4 Å². The Kier molecular flexibility index (Phi) is 4.40. The highest BCUT2D eigenvalue weighted by Crippen LogP contribution is 2.40. The van der Waals surface area contributed by atoms with Crippen molar-refractivity contribution in [3.63, 3.8) is 0 Å². The summed E-state index contributed by atoms with van der Waals surface area (Å²) in [5.74, 6) is 1.15. The summed E-state index contributed by atoms with van der Waals surface area (Å²) in [5.41, 5.74) is 2.48. The van der Waals surface area contributed by atoms with E-state index in [2.05, 4.69) is 10.2 Å². The molecule has 0 radical (unpaired) electrons. The Labute approximate surface area is 119 Å². The van der Waals surface area contributed by atoms with E-state index in [9.17, 15) is 0 Å². The van der Waals surface area contributed by atoms with Gasteiger partial charge < -0.3 is 14.4 Å². The zero-order valence-electron chi connectivity index (χ0n) is 12.3. The van der Waals surface area contributed by atoms with Gasteiger partial charge in [-0.15, -0.1) is 10.2 Å². The number of ether oxygens (including phenoxy) is 2. The smallest absolute Gasteiger partial charge is 0.260 e. The van der Waals surface area contributed by atoms with Gasteiger partial charge in [-0.3, -0.25) is 0 Å². The zero-order valence-corrected chi connectivity index (χ0v) is 12.3. The lowest BCUT2D eigenvalue weighted by molar-refractivity contribution is 0.333. The van der Waals surface area contributed by atoms with E-state index in [0.29, 0.717) is 18.2 Å². The highest BCUT2D eigenvalue weighted by molar-refractivity contribution is 5.77.